The Balaban J connectivity index is 2.54. The van der Waals surface area contributed by atoms with Crippen LogP contribution < -0.4 is 10.5 Å². The number of hydrogen-bond acceptors (Lipinski definition) is 2. The summed E-state index contributed by atoms with van der Waals surface area (Å²) in [7, 11) is 0. The Labute approximate surface area is 103 Å². The van der Waals surface area contributed by atoms with E-state index in [-0.39, 0.29) is 5.82 Å². The van der Waals surface area contributed by atoms with Crippen LogP contribution in [0.5, 0.6) is 5.75 Å². The van der Waals surface area contributed by atoms with Crippen LogP contribution >= 0.6 is 0 Å². The van der Waals surface area contributed by atoms with Crippen LogP contribution in [0.2, 0.25) is 0 Å². The van der Waals surface area contributed by atoms with Crippen molar-refractivity contribution in [2.75, 3.05) is 13.2 Å². The third kappa shape index (κ3) is 4.73. The van der Waals surface area contributed by atoms with E-state index in [1.807, 2.05) is 6.07 Å². The summed E-state index contributed by atoms with van der Waals surface area (Å²) in [5.41, 5.74) is 6.34. The van der Waals surface area contributed by atoms with Crippen LogP contribution in [0.1, 0.15) is 32.3 Å². The van der Waals surface area contributed by atoms with Crippen molar-refractivity contribution in [2.24, 2.45) is 11.7 Å². The highest BCUT2D eigenvalue weighted by Gasteiger charge is 2.07. The van der Waals surface area contributed by atoms with Crippen molar-refractivity contribution < 1.29 is 9.13 Å². The Morgan fingerprint density at radius 2 is 2.18 bits per heavy atom. The summed E-state index contributed by atoms with van der Waals surface area (Å²) in [6, 6.07) is 5.07. The fraction of sp³-hybridized carbons (Fsp3) is 0.571. The molecule has 0 spiro atoms. The first-order chi connectivity index (χ1) is 8.17. The number of ether oxygens (including phenoxy) is 1. The highest BCUT2D eigenvalue weighted by Crippen LogP contribution is 2.19. The third-order valence-corrected chi connectivity index (χ3v) is 2.73. The predicted octanol–water partition coefficient (Wildman–Crippen LogP) is 3.14. The van der Waals surface area contributed by atoms with Gasteiger partial charge in [0, 0.05) is 0 Å². The molecular weight excluding hydrogens is 217 g/mol. The minimum Gasteiger partial charge on any atom is -0.490 e. The highest BCUT2D eigenvalue weighted by molar-refractivity contribution is 5.29. The molecule has 1 atom stereocenters. The molecule has 0 saturated heterocycles. The zero-order valence-corrected chi connectivity index (χ0v) is 10.7. The maximum Gasteiger partial charge on any atom is 0.165 e. The summed E-state index contributed by atoms with van der Waals surface area (Å²) in [6.45, 7) is 5.36. The van der Waals surface area contributed by atoms with Gasteiger partial charge in [-0.25, -0.2) is 4.39 Å². The number of rotatable bonds is 7. The zero-order valence-electron chi connectivity index (χ0n) is 10.7. The van der Waals surface area contributed by atoms with E-state index in [9.17, 15) is 4.39 Å². The fourth-order valence-electron chi connectivity index (χ4n) is 1.79. The summed E-state index contributed by atoms with van der Waals surface area (Å²) in [5.74, 6) is 0.511. The van der Waals surface area contributed by atoms with Crippen molar-refractivity contribution >= 4 is 0 Å². The van der Waals surface area contributed by atoms with Gasteiger partial charge in [-0.2, -0.15) is 0 Å². The minimum atomic E-state index is -0.292. The van der Waals surface area contributed by atoms with Gasteiger partial charge in [0.2, 0.25) is 0 Å². The molecule has 96 valence electrons. The van der Waals surface area contributed by atoms with Crippen molar-refractivity contribution in [1.29, 1.82) is 0 Å². The number of nitrogens with two attached hydrogens (primary N) is 1. The van der Waals surface area contributed by atoms with Crippen molar-refractivity contribution in [2.45, 2.75) is 33.1 Å². The molecule has 2 N–H and O–H groups in total. The molecule has 1 aromatic carbocycles. The molecular formula is C14H22FNO. The summed E-state index contributed by atoms with van der Waals surface area (Å²) in [6.07, 6.45) is 2.93. The van der Waals surface area contributed by atoms with Crippen LogP contribution in [-0.4, -0.2) is 13.2 Å². The highest BCUT2D eigenvalue weighted by atomic mass is 19.1. The Kier molecular flexibility index (Phi) is 5.98. The molecule has 0 heterocycles. The van der Waals surface area contributed by atoms with Gasteiger partial charge in [-0.1, -0.05) is 26.3 Å². The quantitative estimate of drug-likeness (QED) is 0.793. The second-order valence-electron chi connectivity index (χ2n) is 4.51. The second kappa shape index (κ2) is 7.28. The molecule has 0 aliphatic carbocycles. The monoisotopic (exact) mass is 239 g/mol. The molecule has 2 nitrogen and oxygen atoms in total. The van der Waals surface area contributed by atoms with Gasteiger partial charge in [0.05, 0.1) is 6.61 Å². The smallest absolute Gasteiger partial charge is 0.165 e. The average Bonchev–Trinajstić information content (AvgIpc) is 2.29. The van der Waals surface area contributed by atoms with Gasteiger partial charge < -0.3 is 10.5 Å². The lowest BCUT2D eigenvalue weighted by molar-refractivity contribution is 0.241. The zero-order chi connectivity index (χ0) is 12.7. The number of halogens is 1. The lowest BCUT2D eigenvalue weighted by Crippen LogP contribution is -2.09. The van der Waals surface area contributed by atoms with Crippen LogP contribution in [0, 0.1) is 11.7 Å². The summed E-state index contributed by atoms with van der Waals surface area (Å²) >= 11 is 0. The maximum absolute atomic E-state index is 13.6. The Morgan fingerprint density at radius 3 is 2.76 bits per heavy atom. The molecule has 0 aliphatic heterocycles. The third-order valence-electron chi connectivity index (χ3n) is 2.73. The van der Waals surface area contributed by atoms with Gasteiger partial charge in [-0.3, -0.25) is 0 Å². The summed E-state index contributed by atoms with van der Waals surface area (Å²) in [5, 5.41) is 0. The van der Waals surface area contributed by atoms with Gasteiger partial charge in [0.15, 0.2) is 11.6 Å². The molecule has 0 fully saturated rings. The topological polar surface area (TPSA) is 35.2 Å². The fourth-order valence-corrected chi connectivity index (χ4v) is 1.79. The van der Waals surface area contributed by atoms with E-state index in [0.717, 1.165) is 18.4 Å². The van der Waals surface area contributed by atoms with Crippen molar-refractivity contribution in [3.05, 3.63) is 29.6 Å². The molecule has 17 heavy (non-hydrogen) atoms. The van der Waals surface area contributed by atoms with Crippen LogP contribution in [0.25, 0.3) is 0 Å². The van der Waals surface area contributed by atoms with E-state index >= 15 is 0 Å². The largest absolute Gasteiger partial charge is 0.490 e. The lowest BCUT2D eigenvalue weighted by Gasteiger charge is -2.13. The van der Waals surface area contributed by atoms with Crippen LogP contribution in [-0.2, 0) is 6.42 Å². The molecule has 1 unspecified atom stereocenters. The first-order valence-electron chi connectivity index (χ1n) is 6.28. The van der Waals surface area contributed by atoms with Gasteiger partial charge in [0.1, 0.15) is 0 Å². The molecule has 0 radical (unpaired) electrons. The standard InChI is InChI=1S/C14H22FNO/c1-3-4-11(2)10-17-14-6-5-12(7-8-16)9-13(14)15/h5-6,9,11H,3-4,7-8,10,16H2,1-2H3. The second-order valence-corrected chi connectivity index (χ2v) is 4.51. The summed E-state index contributed by atoms with van der Waals surface area (Å²) < 4.78 is 19.1. The molecule has 0 aliphatic rings. The van der Waals surface area contributed by atoms with Gasteiger partial charge in [-0.15, -0.1) is 0 Å². The lowest BCUT2D eigenvalue weighted by atomic mass is 10.1. The first-order valence-corrected chi connectivity index (χ1v) is 6.28. The van der Waals surface area contributed by atoms with Crippen LogP contribution in [0.4, 0.5) is 4.39 Å². The summed E-state index contributed by atoms with van der Waals surface area (Å²) in [4.78, 5) is 0. The van der Waals surface area contributed by atoms with E-state index in [1.165, 1.54) is 6.07 Å². The predicted molar refractivity (Wildman–Crippen MR) is 68.7 cm³/mol. The molecule has 1 rings (SSSR count). The Bertz CT molecular complexity index is 341. The SMILES string of the molecule is CCCC(C)COc1ccc(CCN)cc1F. The van der Waals surface area contributed by atoms with E-state index in [0.29, 0.717) is 31.2 Å². The van der Waals surface area contributed by atoms with Crippen molar-refractivity contribution in [1.82, 2.24) is 0 Å². The van der Waals surface area contributed by atoms with Gasteiger partial charge in [0.25, 0.3) is 0 Å². The van der Waals surface area contributed by atoms with Crippen molar-refractivity contribution in [3.8, 4) is 5.75 Å². The molecule has 0 bridgehead atoms. The first kappa shape index (κ1) is 14.0. The van der Waals surface area contributed by atoms with E-state index < -0.39 is 0 Å². The molecule has 0 aromatic heterocycles. The van der Waals surface area contributed by atoms with Gasteiger partial charge >= 0.3 is 0 Å². The van der Waals surface area contributed by atoms with E-state index in [2.05, 4.69) is 13.8 Å². The molecule has 0 amide bonds. The number of hydrogen-bond donors (Lipinski definition) is 1. The van der Waals surface area contributed by atoms with Crippen LogP contribution in [0.15, 0.2) is 18.2 Å². The van der Waals surface area contributed by atoms with Crippen molar-refractivity contribution in [3.63, 3.8) is 0 Å². The van der Waals surface area contributed by atoms with Gasteiger partial charge in [-0.05, 0) is 43.0 Å². The molecule has 0 saturated carbocycles. The minimum absolute atomic E-state index is 0.292. The molecule has 3 heteroatoms. The number of benzene rings is 1. The molecule has 1 aromatic rings. The normalized spacial score (nSPS) is 12.5. The Hall–Kier alpha value is -1.09. The Morgan fingerprint density at radius 1 is 1.41 bits per heavy atom. The average molecular weight is 239 g/mol. The maximum atomic E-state index is 13.6. The van der Waals surface area contributed by atoms with E-state index in [1.54, 1.807) is 6.07 Å². The van der Waals surface area contributed by atoms with Crippen LogP contribution in [0.3, 0.4) is 0 Å². The van der Waals surface area contributed by atoms with E-state index in [4.69, 9.17) is 10.5 Å².